The van der Waals surface area contributed by atoms with Crippen LogP contribution in [0.15, 0.2) is 4.99 Å². The van der Waals surface area contributed by atoms with E-state index in [9.17, 15) is 0 Å². The van der Waals surface area contributed by atoms with E-state index in [1.807, 2.05) is 0 Å². The number of nitrogens with zero attached hydrogens (tertiary/aromatic N) is 3. The van der Waals surface area contributed by atoms with Gasteiger partial charge in [0.2, 0.25) is 0 Å². The van der Waals surface area contributed by atoms with Gasteiger partial charge in [0, 0.05) is 38.8 Å². The Labute approximate surface area is 118 Å². The Morgan fingerprint density at radius 3 is 2.42 bits per heavy atom. The second-order valence-electron chi connectivity index (χ2n) is 5.80. The van der Waals surface area contributed by atoms with Gasteiger partial charge in [0.25, 0.3) is 0 Å². The Bertz CT molecular complexity index is 269. The summed E-state index contributed by atoms with van der Waals surface area (Å²) in [5.41, 5.74) is 5.87. The van der Waals surface area contributed by atoms with Crippen molar-refractivity contribution in [1.82, 2.24) is 15.1 Å². The third-order valence-corrected chi connectivity index (χ3v) is 3.78. The number of nitrogens with one attached hydrogen (secondary N) is 1. The topological polar surface area (TPSA) is 56.9 Å². The molecule has 1 atom stereocenters. The van der Waals surface area contributed by atoms with E-state index in [1.54, 1.807) is 0 Å². The first kappa shape index (κ1) is 16.2. The molecule has 5 nitrogen and oxygen atoms in total. The molecule has 1 unspecified atom stereocenters. The zero-order valence-corrected chi connectivity index (χ0v) is 13.0. The van der Waals surface area contributed by atoms with Crippen LogP contribution in [0.1, 0.15) is 27.2 Å². The van der Waals surface area contributed by atoms with Crippen molar-refractivity contribution in [2.45, 2.75) is 33.2 Å². The zero-order valence-electron chi connectivity index (χ0n) is 13.0. The Balaban J connectivity index is 2.48. The maximum atomic E-state index is 5.87. The second-order valence-corrected chi connectivity index (χ2v) is 5.80. The van der Waals surface area contributed by atoms with Crippen LogP contribution < -0.4 is 11.1 Å². The van der Waals surface area contributed by atoms with Crippen LogP contribution in [0.3, 0.4) is 0 Å². The predicted octanol–water partition coefficient (Wildman–Crippen LogP) is 0.573. The number of aliphatic imine (C=N–C) groups is 1. The number of hydrogen-bond acceptors (Lipinski definition) is 3. The van der Waals surface area contributed by atoms with Gasteiger partial charge in [-0.05, 0) is 19.4 Å². The molecule has 1 saturated heterocycles. The third kappa shape index (κ3) is 5.78. The highest BCUT2D eigenvalue weighted by Gasteiger charge is 2.24. The number of likely N-dealkylation sites (N-methyl/N-ethyl adjacent to an activating group) is 1. The molecule has 0 bridgehead atoms. The molecule has 0 aromatic rings. The van der Waals surface area contributed by atoms with Crippen molar-refractivity contribution in [3.05, 3.63) is 0 Å². The van der Waals surface area contributed by atoms with Crippen molar-refractivity contribution in [3.8, 4) is 0 Å². The first-order valence-corrected chi connectivity index (χ1v) is 7.51. The van der Waals surface area contributed by atoms with E-state index in [1.165, 1.54) is 0 Å². The lowest BCUT2D eigenvalue weighted by Gasteiger charge is -2.39. The van der Waals surface area contributed by atoms with Crippen LogP contribution in [0.25, 0.3) is 0 Å². The standard InChI is InChI=1S/C14H31N5/c1-5-6-16-14(15)17-11-13(12(2)3)19-9-7-18(4)8-10-19/h12-13H,5-11H2,1-4H3,(H3,15,16,17). The van der Waals surface area contributed by atoms with Crippen molar-refractivity contribution in [2.24, 2.45) is 16.6 Å². The summed E-state index contributed by atoms with van der Waals surface area (Å²) in [5.74, 6) is 1.19. The van der Waals surface area contributed by atoms with E-state index in [0.717, 1.165) is 45.7 Å². The molecular formula is C14H31N5. The molecule has 0 aliphatic carbocycles. The summed E-state index contributed by atoms with van der Waals surface area (Å²) < 4.78 is 0. The van der Waals surface area contributed by atoms with Crippen molar-refractivity contribution >= 4 is 5.96 Å². The van der Waals surface area contributed by atoms with Crippen molar-refractivity contribution in [2.75, 3.05) is 46.3 Å². The van der Waals surface area contributed by atoms with Crippen LogP contribution in [0.5, 0.6) is 0 Å². The number of hydrogen-bond donors (Lipinski definition) is 2. The molecule has 1 fully saturated rings. The summed E-state index contributed by atoms with van der Waals surface area (Å²) in [6, 6.07) is 0.496. The quantitative estimate of drug-likeness (QED) is 0.547. The molecule has 0 aromatic carbocycles. The summed E-state index contributed by atoms with van der Waals surface area (Å²) in [6.45, 7) is 12.9. The second kappa shape index (κ2) is 8.38. The number of guanidine groups is 1. The normalized spacial score (nSPS) is 20.8. The number of nitrogens with two attached hydrogens (primary N) is 1. The van der Waals surface area contributed by atoms with Crippen LogP contribution in [0, 0.1) is 5.92 Å². The first-order chi connectivity index (χ1) is 9.04. The van der Waals surface area contributed by atoms with Crippen LogP contribution >= 0.6 is 0 Å². The van der Waals surface area contributed by atoms with Crippen molar-refractivity contribution < 1.29 is 0 Å². The molecule has 3 N–H and O–H groups in total. The van der Waals surface area contributed by atoms with Gasteiger partial charge in [0.15, 0.2) is 5.96 Å². The minimum Gasteiger partial charge on any atom is -0.370 e. The van der Waals surface area contributed by atoms with Gasteiger partial charge in [-0.3, -0.25) is 9.89 Å². The van der Waals surface area contributed by atoms with Gasteiger partial charge in [0.05, 0.1) is 6.54 Å². The van der Waals surface area contributed by atoms with Crippen LogP contribution in [0.2, 0.25) is 0 Å². The summed E-state index contributed by atoms with van der Waals surface area (Å²) in [5, 5.41) is 3.14. The Hall–Kier alpha value is -0.810. The molecule has 0 aromatic heterocycles. The van der Waals surface area contributed by atoms with E-state index in [0.29, 0.717) is 17.9 Å². The van der Waals surface area contributed by atoms with E-state index >= 15 is 0 Å². The highest BCUT2D eigenvalue weighted by atomic mass is 15.3. The van der Waals surface area contributed by atoms with Gasteiger partial charge in [-0.25, -0.2) is 0 Å². The van der Waals surface area contributed by atoms with Gasteiger partial charge < -0.3 is 16.0 Å². The average Bonchev–Trinajstić information content (AvgIpc) is 2.38. The van der Waals surface area contributed by atoms with Gasteiger partial charge >= 0.3 is 0 Å². The van der Waals surface area contributed by atoms with E-state index in [2.05, 4.69) is 47.9 Å². The predicted molar refractivity (Wildman–Crippen MR) is 82.5 cm³/mol. The molecule has 0 radical (unpaired) electrons. The van der Waals surface area contributed by atoms with Gasteiger partial charge in [-0.2, -0.15) is 0 Å². The van der Waals surface area contributed by atoms with Crippen LogP contribution in [-0.4, -0.2) is 68.1 Å². The average molecular weight is 269 g/mol. The molecule has 19 heavy (non-hydrogen) atoms. The van der Waals surface area contributed by atoms with Crippen LogP contribution in [0.4, 0.5) is 0 Å². The van der Waals surface area contributed by atoms with Gasteiger partial charge in [0.1, 0.15) is 0 Å². The zero-order chi connectivity index (χ0) is 14.3. The van der Waals surface area contributed by atoms with Gasteiger partial charge in [-0.15, -0.1) is 0 Å². The van der Waals surface area contributed by atoms with E-state index in [-0.39, 0.29) is 0 Å². The smallest absolute Gasteiger partial charge is 0.188 e. The lowest BCUT2D eigenvalue weighted by molar-refractivity contribution is 0.0925. The molecule has 112 valence electrons. The van der Waals surface area contributed by atoms with Crippen LogP contribution in [-0.2, 0) is 0 Å². The minimum absolute atomic E-state index is 0.496. The first-order valence-electron chi connectivity index (χ1n) is 7.51. The fourth-order valence-corrected chi connectivity index (χ4v) is 2.40. The Kier molecular flexibility index (Phi) is 7.16. The maximum absolute atomic E-state index is 5.87. The molecule has 1 heterocycles. The van der Waals surface area contributed by atoms with Crippen molar-refractivity contribution in [1.29, 1.82) is 0 Å². The summed E-state index contributed by atoms with van der Waals surface area (Å²) >= 11 is 0. The fraction of sp³-hybridized carbons (Fsp3) is 0.929. The number of rotatable bonds is 6. The SMILES string of the molecule is CCCNC(N)=NCC(C(C)C)N1CCN(C)CC1. The molecule has 0 saturated carbocycles. The van der Waals surface area contributed by atoms with E-state index in [4.69, 9.17) is 5.73 Å². The van der Waals surface area contributed by atoms with Gasteiger partial charge in [-0.1, -0.05) is 20.8 Å². The summed E-state index contributed by atoms with van der Waals surface area (Å²) in [7, 11) is 2.19. The molecular weight excluding hydrogens is 238 g/mol. The summed E-state index contributed by atoms with van der Waals surface area (Å²) in [6.07, 6.45) is 1.07. The fourth-order valence-electron chi connectivity index (χ4n) is 2.40. The number of piperazine rings is 1. The monoisotopic (exact) mass is 269 g/mol. The minimum atomic E-state index is 0.496. The largest absolute Gasteiger partial charge is 0.370 e. The lowest BCUT2D eigenvalue weighted by Crippen LogP contribution is -2.52. The molecule has 1 aliphatic heterocycles. The molecule has 0 spiro atoms. The molecule has 5 heteroatoms. The summed E-state index contributed by atoms with van der Waals surface area (Å²) in [4.78, 5) is 9.45. The lowest BCUT2D eigenvalue weighted by atomic mass is 10.0. The maximum Gasteiger partial charge on any atom is 0.188 e. The molecule has 0 amide bonds. The molecule has 1 aliphatic rings. The molecule has 1 rings (SSSR count). The third-order valence-electron chi connectivity index (χ3n) is 3.78. The highest BCUT2D eigenvalue weighted by Crippen LogP contribution is 2.13. The highest BCUT2D eigenvalue weighted by molar-refractivity contribution is 5.77. The Morgan fingerprint density at radius 2 is 1.89 bits per heavy atom. The Morgan fingerprint density at radius 1 is 1.26 bits per heavy atom. The van der Waals surface area contributed by atoms with Crippen molar-refractivity contribution in [3.63, 3.8) is 0 Å². The van der Waals surface area contributed by atoms with E-state index < -0.39 is 0 Å².